The molecule has 0 aromatic heterocycles. The molecule has 94 valence electrons. The molecule has 0 fully saturated rings. The molecule has 0 aliphatic carbocycles. The van der Waals surface area contributed by atoms with Gasteiger partial charge in [0.2, 0.25) is 0 Å². The zero-order valence-electron chi connectivity index (χ0n) is 10.5. The van der Waals surface area contributed by atoms with Crippen molar-refractivity contribution in [3.8, 4) is 5.75 Å². The molecule has 0 heterocycles. The summed E-state index contributed by atoms with van der Waals surface area (Å²) in [7, 11) is 0. The molecule has 0 bridgehead atoms. The molecule has 2 aromatic rings. The van der Waals surface area contributed by atoms with Crippen LogP contribution in [0.15, 0.2) is 40.9 Å². The Morgan fingerprint density at radius 2 is 1.83 bits per heavy atom. The summed E-state index contributed by atoms with van der Waals surface area (Å²) < 4.78 is 6.69. The van der Waals surface area contributed by atoms with Crippen LogP contribution < -0.4 is 10.5 Å². The van der Waals surface area contributed by atoms with Crippen LogP contribution in [-0.2, 0) is 6.61 Å². The molecule has 0 amide bonds. The Hall–Kier alpha value is -1.48. The van der Waals surface area contributed by atoms with Gasteiger partial charge in [-0.3, -0.25) is 0 Å². The maximum atomic E-state index is 5.77. The zero-order chi connectivity index (χ0) is 13.1. The van der Waals surface area contributed by atoms with Crippen LogP contribution in [0.3, 0.4) is 0 Å². The first-order valence-electron chi connectivity index (χ1n) is 5.80. The van der Waals surface area contributed by atoms with E-state index >= 15 is 0 Å². The van der Waals surface area contributed by atoms with E-state index in [0.29, 0.717) is 12.3 Å². The average molecular weight is 306 g/mol. The summed E-state index contributed by atoms with van der Waals surface area (Å²) in [4.78, 5) is 0. The minimum atomic E-state index is 0.545. The first-order valence-corrected chi connectivity index (χ1v) is 6.59. The van der Waals surface area contributed by atoms with E-state index in [0.717, 1.165) is 15.8 Å². The van der Waals surface area contributed by atoms with E-state index in [2.05, 4.69) is 48.0 Å². The van der Waals surface area contributed by atoms with Gasteiger partial charge in [-0.05, 0) is 58.6 Å². The van der Waals surface area contributed by atoms with E-state index in [1.54, 1.807) is 0 Å². The van der Waals surface area contributed by atoms with Gasteiger partial charge in [-0.1, -0.05) is 18.2 Å². The van der Waals surface area contributed by atoms with Gasteiger partial charge in [0.25, 0.3) is 0 Å². The molecule has 0 saturated carbocycles. The van der Waals surface area contributed by atoms with Crippen LogP contribution in [0.4, 0.5) is 5.69 Å². The SMILES string of the molecule is Cc1ccc(COc2cc(N)ccc2Br)cc1C. The number of hydrogen-bond donors (Lipinski definition) is 1. The molecule has 0 aliphatic heterocycles. The number of aryl methyl sites for hydroxylation is 2. The molecular weight excluding hydrogens is 290 g/mol. The second kappa shape index (κ2) is 5.44. The summed E-state index contributed by atoms with van der Waals surface area (Å²) in [5, 5.41) is 0. The first kappa shape index (κ1) is 13.0. The third-order valence-corrected chi connectivity index (χ3v) is 3.58. The van der Waals surface area contributed by atoms with Crippen molar-refractivity contribution in [2.24, 2.45) is 0 Å². The number of halogens is 1. The molecule has 0 saturated heterocycles. The quantitative estimate of drug-likeness (QED) is 0.861. The van der Waals surface area contributed by atoms with Gasteiger partial charge in [0.1, 0.15) is 12.4 Å². The van der Waals surface area contributed by atoms with E-state index in [9.17, 15) is 0 Å². The monoisotopic (exact) mass is 305 g/mol. The predicted octanol–water partition coefficient (Wildman–Crippen LogP) is 4.23. The van der Waals surface area contributed by atoms with Gasteiger partial charge in [0.15, 0.2) is 0 Å². The molecule has 2 aromatic carbocycles. The van der Waals surface area contributed by atoms with E-state index in [1.165, 1.54) is 11.1 Å². The lowest BCUT2D eigenvalue weighted by atomic mass is 10.1. The van der Waals surface area contributed by atoms with Crippen molar-refractivity contribution in [3.63, 3.8) is 0 Å². The minimum Gasteiger partial charge on any atom is -0.488 e. The fourth-order valence-electron chi connectivity index (χ4n) is 1.68. The Balaban J connectivity index is 2.11. The fourth-order valence-corrected chi connectivity index (χ4v) is 2.05. The predicted molar refractivity (Wildman–Crippen MR) is 78.8 cm³/mol. The van der Waals surface area contributed by atoms with Crippen LogP contribution >= 0.6 is 15.9 Å². The van der Waals surface area contributed by atoms with Crippen molar-refractivity contribution >= 4 is 21.6 Å². The average Bonchev–Trinajstić information content (AvgIpc) is 2.34. The lowest BCUT2D eigenvalue weighted by Gasteiger charge is -2.10. The molecule has 0 unspecified atom stereocenters. The molecule has 18 heavy (non-hydrogen) atoms. The van der Waals surface area contributed by atoms with E-state index in [-0.39, 0.29) is 0 Å². The molecule has 0 atom stereocenters. The third kappa shape index (κ3) is 3.05. The minimum absolute atomic E-state index is 0.545. The standard InChI is InChI=1S/C15H16BrNO/c1-10-3-4-12(7-11(10)2)9-18-15-8-13(17)5-6-14(15)16/h3-8H,9,17H2,1-2H3. The van der Waals surface area contributed by atoms with Gasteiger partial charge in [-0.25, -0.2) is 0 Å². The van der Waals surface area contributed by atoms with Gasteiger partial charge < -0.3 is 10.5 Å². The first-order chi connectivity index (χ1) is 8.56. The summed E-state index contributed by atoms with van der Waals surface area (Å²) in [5.74, 6) is 0.772. The van der Waals surface area contributed by atoms with Crippen LogP contribution in [0, 0.1) is 13.8 Å². The van der Waals surface area contributed by atoms with Crippen molar-refractivity contribution < 1.29 is 4.74 Å². The number of nitrogen functional groups attached to an aromatic ring is 1. The molecule has 0 radical (unpaired) electrons. The molecule has 2 rings (SSSR count). The summed E-state index contributed by atoms with van der Waals surface area (Å²) in [6.07, 6.45) is 0. The highest BCUT2D eigenvalue weighted by Gasteiger charge is 2.03. The number of rotatable bonds is 3. The van der Waals surface area contributed by atoms with Crippen molar-refractivity contribution in [2.45, 2.75) is 20.5 Å². The van der Waals surface area contributed by atoms with Crippen molar-refractivity contribution in [3.05, 3.63) is 57.6 Å². The second-order valence-corrected chi connectivity index (χ2v) is 5.25. The van der Waals surface area contributed by atoms with Crippen LogP contribution in [0.5, 0.6) is 5.75 Å². The molecule has 3 heteroatoms. The normalized spacial score (nSPS) is 10.4. The molecular formula is C15H16BrNO. The van der Waals surface area contributed by atoms with E-state index in [1.807, 2.05) is 18.2 Å². The van der Waals surface area contributed by atoms with Gasteiger partial charge in [-0.15, -0.1) is 0 Å². The fraction of sp³-hybridized carbons (Fsp3) is 0.200. The Kier molecular flexibility index (Phi) is 3.92. The highest BCUT2D eigenvalue weighted by atomic mass is 79.9. The molecule has 0 aliphatic rings. The zero-order valence-corrected chi connectivity index (χ0v) is 12.1. The lowest BCUT2D eigenvalue weighted by Crippen LogP contribution is -1.98. The van der Waals surface area contributed by atoms with Crippen LogP contribution in [0.1, 0.15) is 16.7 Å². The van der Waals surface area contributed by atoms with E-state index < -0.39 is 0 Å². The summed E-state index contributed by atoms with van der Waals surface area (Å²) in [5.41, 5.74) is 10.2. The number of anilines is 1. The molecule has 2 N–H and O–H groups in total. The Bertz CT molecular complexity index is 566. The summed E-state index contributed by atoms with van der Waals surface area (Å²) in [6.45, 7) is 4.76. The van der Waals surface area contributed by atoms with Gasteiger partial charge in [0.05, 0.1) is 4.47 Å². The van der Waals surface area contributed by atoms with Crippen LogP contribution in [0.25, 0.3) is 0 Å². The van der Waals surface area contributed by atoms with Crippen molar-refractivity contribution in [1.29, 1.82) is 0 Å². The Morgan fingerprint density at radius 1 is 1.06 bits per heavy atom. The third-order valence-electron chi connectivity index (χ3n) is 2.92. The van der Waals surface area contributed by atoms with Crippen molar-refractivity contribution in [2.75, 3.05) is 5.73 Å². The summed E-state index contributed by atoms with van der Waals surface area (Å²) >= 11 is 3.45. The molecule has 0 spiro atoms. The smallest absolute Gasteiger partial charge is 0.136 e. The highest BCUT2D eigenvalue weighted by molar-refractivity contribution is 9.10. The van der Waals surface area contributed by atoms with Crippen LogP contribution in [-0.4, -0.2) is 0 Å². The van der Waals surface area contributed by atoms with Crippen molar-refractivity contribution in [1.82, 2.24) is 0 Å². The highest BCUT2D eigenvalue weighted by Crippen LogP contribution is 2.27. The van der Waals surface area contributed by atoms with Crippen LogP contribution in [0.2, 0.25) is 0 Å². The number of nitrogens with two attached hydrogens (primary N) is 1. The number of hydrogen-bond acceptors (Lipinski definition) is 2. The topological polar surface area (TPSA) is 35.2 Å². The largest absolute Gasteiger partial charge is 0.488 e. The maximum Gasteiger partial charge on any atom is 0.136 e. The lowest BCUT2D eigenvalue weighted by molar-refractivity contribution is 0.304. The van der Waals surface area contributed by atoms with Gasteiger partial charge in [-0.2, -0.15) is 0 Å². The van der Waals surface area contributed by atoms with Gasteiger partial charge >= 0.3 is 0 Å². The van der Waals surface area contributed by atoms with E-state index in [4.69, 9.17) is 10.5 Å². The number of ether oxygens (including phenoxy) is 1. The summed E-state index contributed by atoms with van der Waals surface area (Å²) in [6, 6.07) is 11.9. The number of benzene rings is 2. The maximum absolute atomic E-state index is 5.77. The Morgan fingerprint density at radius 3 is 2.56 bits per heavy atom. The molecule has 2 nitrogen and oxygen atoms in total. The van der Waals surface area contributed by atoms with Gasteiger partial charge in [0, 0.05) is 11.8 Å². The second-order valence-electron chi connectivity index (χ2n) is 4.40. The Labute approximate surface area is 116 Å².